The molecule has 0 bridgehead atoms. The average Bonchev–Trinajstić information content (AvgIpc) is 3.79. The van der Waals surface area contributed by atoms with Gasteiger partial charge in [0.25, 0.3) is 0 Å². The van der Waals surface area contributed by atoms with Crippen LogP contribution in [0.3, 0.4) is 0 Å². The molecule has 8 nitrogen and oxygen atoms in total. The highest BCUT2D eigenvalue weighted by molar-refractivity contribution is 5.82. The molecule has 4 atom stereocenters. The Bertz CT molecular complexity index is 1730. The maximum absolute atomic E-state index is 11.9. The third-order valence-corrected chi connectivity index (χ3v) is 8.65. The Morgan fingerprint density at radius 3 is 2.80 bits per heavy atom. The topological polar surface area (TPSA) is 81.6 Å². The van der Waals surface area contributed by atoms with E-state index in [1.807, 2.05) is 65.3 Å². The van der Waals surface area contributed by atoms with E-state index in [0.717, 1.165) is 65.5 Å². The normalized spacial score (nSPS) is 23.9. The molecule has 5 aromatic rings. The molecule has 0 spiro atoms. The standard InChI is InChI=1S/C32H29N7O/c40-20-21-13-22(28-19-37-11-5-4-10-30(37)34-28)15-24(14-21)38-17-23-16-33-31(25(23)18-38)29-9-3-6-12-39(29)32-35-26-7-1-2-8-27(26)36-32/h1-15,19-20,23,25,29,31,33H,16-18H2,(H,35,36). The summed E-state index contributed by atoms with van der Waals surface area (Å²) < 4.78 is 2.01. The molecule has 3 aromatic heterocycles. The van der Waals surface area contributed by atoms with Crippen molar-refractivity contribution in [1.29, 1.82) is 0 Å². The van der Waals surface area contributed by atoms with E-state index < -0.39 is 0 Å². The molecule has 2 aromatic carbocycles. The lowest BCUT2D eigenvalue weighted by molar-refractivity contribution is 0.112. The Labute approximate surface area is 231 Å². The maximum Gasteiger partial charge on any atom is 0.208 e. The highest BCUT2D eigenvalue weighted by atomic mass is 16.1. The predicted molar refractivity (Wildman–Crippen MR) is 158 cm³/mol. The fraction of sp³-hybridized carbons (Fsp3) is 0.219. The van der Waals surface area contributed by atoms with Crippen LogP contribution in [0, 0.1) is 11.8 Å². The van der Waals surface area contributed by atoms with Crippen LogP contribution >= 0.6 is 0 Å². The number of hydrogen-bond acceptors (Lipinski definition) is 6. The van der Waals surface area contributed by atoms with Gasteiger partial charge in [0.1, 0.15) is 11.9 Å². The van der Waals surface area contributed by atoms with Crippen LogP contribution in [-0.4, -0.2) is 57.4 Å². The number of nitrogens with zero attached hydrogens (tertiary/aromatic N) is 5. The number of pyridine rings is 1. The van der Waals surface area contributed by atoms with Crippen molar-refractivity contribution in [2.24, 2.45) is 11.8 Å². The maximum atomic E-state index is 11.9. The summed E-state index contributed by atoms with van der Waals surface area (Å²) in [6.45, 7) is 2.86. The molecule has 4 unspecified atom stereocenters. The summed E-state index contributed by atoms with van der Waals surface area (Å²) in [7, 11) is 0. The van der Waals surface area contributed by atoms with Crippen molar-refractivity contribution in [3.05, 3.63) is 103 Å². The van der Waals surface area contributed by atoms with Crippen LogP contribution in [0.25, 0.3) is 27.9 Å². The fourth-order valence-corrected chi connectivity index (χ4v) is 6.73. The molecule has 2 N–H and O–H groups in total. The van der Waals surface area contributed by atoms with Crippen LogP contribution in [0.15, 0.2) is 97.5 Å². The van der Waals surface area contributed by atoms with Crippen LogP contribution in [-0.2, 0) is 0 Å². The molecule has 2 saturated heterocycles. The Kier molecular flexibility index (Phi) is 5.34. The highest BCUT2D eigenvalue weighted by Crippen LogP contribution is 2.38. The van der Waals surface area contributed by atoms with E-state index in [4.69, 9.17) is 9.97 Å². The molecule has 3 aliphatic heterocycles. The van der Waals surface area contributed by atoms with Gasteiger partial charge in [-0.05, 0) is 60.4 Å². The minimum Gasteiger partial charge on any atom is -0.371 e. The average molecular weight is 528 g/mol. The third kappa shape index (κ3) is 3.83. The number of imidazole rings is 2. The monoisotopic (exact) mass is 527 g/mol. The van der Waals surface area contributed by atoms with Crippen molar-refractivity contribution < 1.29 is 4.79 Å². The number of H-pyrrole nitrogens is 1. The first-order valence-corrected chi connectivity index (χ1v) is 13.8. The molecule has 0 radical (unpaired) electrons. The summed E-state index contributed by atoms with van der Waals surface area (Å²) >= 11 is 0. The number of para-hydroxylation sites is 2. The van der Waals surface area contributed by atoms with Gasteiger partial charge in [-0.15, -0.1) is 0 Å². The van der Waals surface area contributed by atoms with Gasteiger partial charge in [0.05, 0.1) is 22.8 Å². The van der Waals surface area contributed by atoms with Gasteiger partial charge in [-0.25, -0.2) is 9.97 Å². The second kappa shape index (κ2) is 9.20. The molecule has 0 saturated carbocycles. The summed E-state index contributed by atoms with van der Waals surface area (Å²) in [6, 6.07) is 20.7. The number of hydrogen-bond donors (Lipinski definition) is 2. The number of carbonyl (C=O) groups excluding carboxylic acids is 1. The molecule has 40 heavy (non-hydrogen) atoms. The lowest BCUT2D eigenvalue weighted by Gasteiger charge is -2.35. The van der Waals surface area contributed by atoms with Crippen molar-refractivity contribution in [2.75, 3.05) is 29.4 Å². The summed E-state index contributed by atoms with van der Waals surface area (Å²) in [4.78, 5) is 29.8. The molecule has 8 rings (SSSR count). The molecule has 8 heteroatoms. The second-order valence-electron chi connectivity index (χ2n) is 11.0. The minimum atomic E-state index is 0.148. The van der Waals surface area contributed by atoms with Gasteiger partial charge in [-0.2, -0.15) is 0 Å². The number of aldehydes is 1. The number of allylic oxidation sites excluding steroid dienone is 2. The smallest absolute Gasteiger partial charge is 0.208 e. The van der Waals surface area contributed by atoms with Gasteiger partial charge in [0.2, 0.25) is 5.95 Å². The fourth-order valence-electron chi connectivity index (χ4n) is 6.73. The van der Waals surface area contributed by atoms with E-state index in [2.05, 4.69) is 56.7 Å². The van der Waals surface area contributed by atoms with Gasteiger partial charge in [-0.3, -0.25) is 4.79 Å². The van der Waals surface area contributed by atoms with Crippen LogP contribution in [0.5, 0.6) is 0 Å². The van der Waals surface area contributed by atoms with E-state index in [0.29, 0.717) is 17.4 Å². The number of nitrogens with one attached hydrogen (secondary N) is 2. The molecule has 6 heterocycles. The van der Waals surface area contributed by atoms with Crippen LogP contribution < -0.4 is 15.1 Å². The molecule has 198 valence electrons. The molecule has 0 aliphatic carbocycles. The van der Waals surface area contributed by atoms with Crippen molar-refractivity contribution in [1.82, 2.24) is 24.7 Å². The third-order valence-electron chi connectivity index (χ3n) is 8.65. The van der Waals surface area contributed by atoms with Crippen LogP contribution in [0.4, 0.5) is 11.6 Å². The lowest BCUT2D eigenvalue weighted by atomic mass is 9.88. The van der Waals surface area contributed by atoms with Gasteiger partial charge in [-0.1, -0.05) is 30.4 Å². The number of anilines is 2. The first-order chi connectivity index (χ1) is 19.7. The first kappa shape index (κ1) is 23.2. The summed E-state index contributed by atoms with van der Waals surface area (Å²) in [5, 5.41) is 3.84. The van der Waals surface area contributed by atoms with Gasteiger partial charge >= 0.3 is 0 Å². The molecular formula is C32H29N7O. The second-order valence-corrected chi connectivity index (χ2v) is 11.0. The first-order valence-electron chi connectivity index (χ1n) is 13.8. The van der Waals surface area contributed by atoms with Crippen molar-refractivity contribution in [3.63, 3.8) is 0 Å². The Balaban J connectivity index is 1.08. The van der Waals surface area contributed by atoms with E-state index in [1.165, 1.54) is 0 Å². The molecule has 3 aliphatic rings. The number of aromatic nitrogens is 4. The summed E-state index contributed by atoms with van der Waals surface area (Å²) in [6.07, 6.45) is 13.6. The number of rotatable bonds is 5. The van der Waals surface area contributed by atoms with Gasteiger partial charge in [0.15, 0.2) is 0 Å². The van der Waals surface area contributed by atoms with Gasteiger partial charge < -0.3 is 24.5 Å². The van der Waals surface area contributed by atoms with Crippen LogP contribution in [0.2, 0.25) is 0 Å². The quantitative estimate of drug-likeness (QED) is 0.323. The molecule has 0 amide bonds. The van der Waals surface area contributed by atoms with Crippen molar-refractivity contribution in [3.8, 4) is 11.3 Å². The Morgan fingerprint density at radius 2 is 1.90 bits per heavy atom. The van der Waals surface area contributed by atoms with Crippen LogP contribution in [0.1, 0.15) is 10.4 Å². The van der Waals surface area contributed by atoms with E-state index in [1.54, 1.807) is 0 Å². The zero-order valence-corrected chi connectivity index (χ0v) is 21.9. The molecule has 2 fully saturated rings. The summed E-state index contributed by atoms with van der Waals surface area (Å²) in [5.41, 5.74) is 6.50. The van der Waals surface area contributed by atoms with E-state index in [-0.39, 0.29) is 12.1 Å². The Hall–Kier alpha value is -4.69. The largest absolute Gasteiger partial charge is 0.371 e. The number of benzene rings is 2. The number of carbonyl (C=O) groups is 1. The van der Waals surface area contributed by atoms with Gasteiger partial charge in [0, 0.05) is 61.1 Å². The van der Waals surface area contributed by atoms with E-state index >= 15 is 0 Å². The van der Waals surface area contributed by atoms with Crippen molar-refractivity contribution in [2.45, 2.75) is 12.1 Å². The van der Waals surface area contributed by atoms with Crippen molar-refractivity contribution >= 4 is 34.6 Å². The summed E-state index contributed by atoms with van der Waals surface area (Å²) in [5.74, 6) is 1.86. The predicted octanol–water partition coefficient (Wildman–Crippen LogP) is 4.67. The SMILES string of the molecule is O=Cc1cc(-c2cn3ccccc3n2)cc(N2CC3CNC(C4C=CC=CN4c4nc5ccccc5[nH]4)C3C2)c1. The molecular weight excluding hydrogens is 498 g/mol. The Morgan fingerprint density at radius 1 is 0.975 bits per heavy atom. The zero-order valence-electron chi connectivity index (χ0n) is 21.9. The lowest BCUT2D eigenvalue weighted by Crippen LogP contribution is -2.49. The highest BCUT2D eigenvalue weighted by Gasteiger charge is 2.46. The van der Waals surface area contributed by atoms with E-state index in [9.17, 15) is 4.79 Å². The number of fused-ring (bicyclic) bond motifs is 3. The zero-order chi connectivity index (χ0) is 26.6. The minimum absolute atomic E-state index is 0.148. The number of aromatic amines is 1.